The number of H-pyrrole nitrogens is 1. The molecular formula is C19H15N3O2. The van der Waals surface area contributed by atoms with Crippen LogP contribution in [-0.4, -0.2) is 27.8 Å². The number of carbonyl (C=O) groups is 1. The summed E-state index contributed by atoms with van der Waals surface area (Å²) < 4.78 is 6.64. The van der Waals surface area contributed by atoms with Crippen molar-refractivity contribution in [2.75, 3.05) is 7.11 Å². The van der Waals surface area contributed by atoms with Crippen LogP contribution in [-0.2, 0) is 4.74 Å². The van der Waals surface area contributed by atoms with Crippen molar-refractivity contribution < 1.29 is 9.53 Å². The Morgan fingerprint density at radius 3 is 2.38 bits per heavy atom. The monoisotopic (exact) mass is 317 g/mol. The van der Waals surface area contributed by atoms with Crippen LogP contribution < -0.4 is 0 Å². The summed E-state index contributed by atoms with van der Waals surface area (Å²) in [4.78, 5) is 15.0. The molecule has 0 amide bonds. The van der Waals surface area contributed by atoms with Crippen LogP contribution in [0.2, 0.25) is 0 Å². The van der Waals surface area contributed by atoms with Crippen molar-refractivity contribution >= 4 is 17.0 Å². The van der Waals surface area contributed by atoms with Gasteiger partial charge in [-0.05, 0) is 18.2 Å². The van der Waals surface area contributed by atoms with Crippen molar-refractivity contribution in [3.05, 3.63) is 72.4 Å². The van der Waals surface area contributed by atoms with E-state index in [1.165, 1.54) is 7.11 Å². The number of carbonyl (C=O) groups excluding carboxylic acids is 1. The van der Waals surface area contributed by atoms with E-state index in [4.69, 9.17) is 9.84 Å². The third-order valence-electron chi connectivity index (χ3n) is 3.92. The van der Waals surface area contributed by atoms with Gasteiger partial charge < -0.3 is 9.72 Å². The van der Waals surface area contributed by atoms with Gasteiger partial charge >= 0.3 is 5.97 Å². The van der Waals surface area contributed by atoms with Gasteiger partial charge in [-0.25, -0.2) is 9.48 Å². The number of aromatic nitrogens is 3. The minimum Gasteiger partial charge on any atom is -0.464 e. The number of benzene rings is 2. The Morgan fingerprint density at radius 1 is 1.04 bits per heavy atom. The van der Waals surface area contributed by atoms with Gasteiger partial charge in [-0.3, -0.25) is 0 Å². The molecule has 5 heteroatoms. The maximum atomic E-state index is 11.9. The summed E-state index contributed by atoms with van der Waals surface area (Å²) in [6, 6.07) is 21.5. The fourth-order valence-electron chi connectivity index (χ4n) is 2.78. The molecule has 24 heavy (non-hydrogen) atoms. The molecule has 2 heterocycles. The van der Waals surface area contributed by atoms with Crippen LogP contribution in [0.15, 0.2) is 66.7 Å². The summed E-state index contributed by atoms with van der Waals surface area (Å²) >= 11 is 0. The maximum absolute atomic E-state index is 11.9. The highest BCUT2D eigenvalue weighted by atomic mass is 16.5. The fourth-order valence-corrected chi connectivity index (χ4v) is 2.78. The number of hydrogen-bond acceptors (Lipinski definition) is 3. The molecule has 118 valence electrons. The van der Waals surface area contributed by atoms with E-state index < -0.39 is 5.97 Å². The molecule has 4 aromatic rings. The van der Waals surface area contributed by atoms with E-state index in [0.29, 0.717) is 5.69 Å². The summed E-state index contributed by atoms with van der Waals surface area (Å²) in [5.74, 6) is -0.398. The number of fused-ring (bicyclic) bond motifs is 1. The minimum atomic E-state index is -0.398. The predicted octanol–water partition coefficient (Wildman–Crippen LogP) is 3.81. The molecular weight excluding hydrogens is 302 g/mol. The predicted molar refractivity (Wildman–Crippen MR) is 92.2 cm³/mol. The molecule has 0 fully saturated rings. The van der Waals surface area contributed by atoms with E-state index in [9.17, 15) is 4.79 Å². The molecule has 5 nitrogen and oxygen atoms in total. The Morgan fingerprint density at radius 2 is 1.71 bits per heavy atom. The van der Waals surface area contributed by atoms with E-state index in [2.05, 4.69) is 4.98 Å². The first-order valence-electron chi connectivity index (χ1n) is 7.59. The molecule has 4 rings (SSSR count). The van der Waals surface area contributed by atoms with Crippen molar-refractivity contribution in [1.82, 2.24) is 14.8 Å². The molecule has 1 N–H and O–H groups in total. The van der Waals surface area contributed by atoms with Gasteiger partial charge in [-0.1, -0.05) is 48.5 Å². The summed E-state index contributed by atoms with van der Waals surface area (Å²) in [5.41, 5.74) is 3.91. The Labute approximate surface area is 138 Å². The summed E-state index contributed by atoms with van der Waals surface area (Å²) in [5, 5.41) is 5.63. The molecule has 0 saturated heterocycles. The molecule has 0 aliphatic rings. The third kappa shape index (κ3) is 2.27. The lowest BCUT2D eigenvalue weighted by atomic mass is 10.1. The number of nitrogens with zero attached hydrogens (tertiary/aromatic N) is 2. The van der Waals surface area contributed by atoms with Gasteiger partial charge in [-0.15, -0.1) is 0 Å². The quantitative estimate of drug-likeness (QED) is 0.585. The number of ether oxygens (including phenoxy) is 1. The maximum Gasteiger partial charge on any atom is 0.354 e. The second-order valence-corrected chi connectivity index (χ2v) is 5.40. The average Bonchev–Trinajstić information content (AvgIpc) is 3.22. The highest BCUT2D eigenvalue weighted by Gasteiger charge is 2.19. The molecule has 0 aliphatic carbocycles. The Bertz CT molecular complexity index is 929. The number of hydrogen-bond donors (Lipinski definition) is 1. The molecule has 0 unspecified atom stereocenters. The smallest absolute Gasteiger partial charge is 0.354 e. The first kappa shape index (κ1) is 14.3. The summed E-state index contributed by atoms with van der Waals surface area (Å²) in [6.45, 7) is 0. The van der Waals surface area contributed by atoms with Gasteiger partial charge in [-0.2, -0.15) is 5.10 Å². The molecule has 0 atom stereocenters. The number of aromatic amines is 1. The highest BCUT2D eigenvalue weighted by molar-refractivity contribution is 5.99. The molecule has 0 bridgehead atoms. The number of esters is 1. The van der Waals surface area contributed by atoms with Crippen LogP contribution in [0, 0.1) is 0 Å². The van der Waals surface area contributed by atoms with Gasteiger partial charge in [0.1, 0.15) is 17.0 Å². The first-order valence-corrected chi connectivity index (χ1v) is 7.59. The largest absolute Gasteiger partial charge is 0.464 e. The van der Waals surface area contributed by atoms with Crippen LogP contribution in [0.25, 0.3) is 28.0 Å². The SMILES string of the molecule is COC(=O)c1cc2c(-c3ccccc3)nn(-c3ccccc3)c2[nH]1. The Kier molecular flexibility index (Phi) is 3.39. The normalized spacial score (nSPS) is 10.9. The fraction of sp³-hybridized carbons (Fsp3) is 0.0526. The van der Waals surface area contributed by atoms with Crippen LogP contribution in [0.1, 0.15) is 10.5 Å². The van der Waals surface area contributed by atoms with Gasteiger partial charge in [0.2, 0.25) is 0 Å². The molecule has 0 aliphatic heterocycles. The number of nitrogens with one attached hydrogen (secondary N) is 1. The second kappa shape index (κ2) is 5.70. The van der Waals surface area contributed by atoms with Gasteiger partial charge in [0, 0.05) is 10.9 Å². The van der Waals surface area contributed by atoms with E-state index in [0.717, 1.165) is 28.0 Å². The molecule has 2 aromatic heterocycles. The zero-order valence-electron chi connectivity index (χ0n) is 13.1. The Hall–Kier alpha value is -3.34. The van der Waals surface area contributed by atoms with Crippen LogP contribution in [0.3, 0.4) is 0 Å². The van der Waals surface area contributed by atoms with Crippen molar-refractivity contribution in [2.45, 2.75) is 0 Å². The third-order valence-corrected chi connectivity index (χ3v) is 3.92. The van der Waals surface area contributed by atoms with Crippen molar-refractivity contribution in [3.8, 4) is 16.9 Å². The zero-order valence-corrected chi connectivity index (χ0v) is 13.1. The van der Waals surface area contributed by atoms with Crippen LogP contribution >= 0.6 is 0 Å². The van der Waals surface area contributed by atoms with Crippen molar-refractivity contribution in [2.24, 2.45) is 0 Å². The van der Waals surface area contributed by atoms with E-state index in [1.54, 1.807) is 6.07 Å². The number of para-hydroxylation sites is 1. The average molecular weight is 317 g/mol. The molecule has 2 aromatic carbocycles. The van der Waals surface area contributed by atoms with E-state index in [-0.39, 0.29) is 0 Å². The van der Waals surface area contributed by atoms with Gasteiger partial charge in [0.25, 0.3) is 0 Å². The summed E-state index contributed by atoms with van der Waals surface area (Å²) in [7, 11) is 1.37. The summed E-state index contributed by atoms with van der Waals surface area (Å²) in [6.07, 6.45) is 0. The van der Waals surface area contributed by atoms with Crippen molar-refractivity contribution in [1.29, 1.82) is 0 Å². The van der Waals surface area contributed by atoms with E-state index in [1.807, 2.05) is 65.3 Å². The number of rotatable bonds is 3. The standard InChI is InChI=1S/C19H15N3O2/c1-24-19(23)16-12-15-17(13-8-4-2-5-9-13)21-22(18(15)20-16)14-10-6-3-7-11-14/h2-12,20H,1H3. The van der Waals surface area contributed by atoms with Gasteiger partial charge in [0.15, 0.2) is 0 Å². The molecule has 0 saturated carbocycles. The van der Waals surface area contributed by atoms with Crippen LogP contribution in [0.5, 0.6) is 0 Å². The molecule has 0 radical (unpaired) electrons. The van der Waals surface area contributed by atoms with Crippen molar-refractivity contribution in [3.63, 3.8) is 0 Å². The second-order valence-electron chi connectivity index (χ2n) is 5.40. The lowest BCUT2D eigenvalue weighted by Crippen LogP contribution is -2.03. The molecule has 0 spiro atoms. The zero-order chi connectivity index (χ0) is 16.5. The van der Waals surface area contributed by atoms with E-state index >= 15 is 0 Å². The topological polar surface area (TPSA) is 59.9 Å². The number of methoxy groups -OCH3 is 1. The minimum absolute atomic E-state index is 0.398. The Balaban J connectivity index is 1.99. The van der Waals surface area contributed by atoms with Gasteiger partial charge in [0.05, 0.1) is 12.8 Å². The first-order chi connectivity index (χ1) is 11.8. The lowest BCUT2D eigenvalue weighted by Gasteiger charge is -2.02. The highest BCUT2D eigenvalue weighted by Crippen LogP contribution is 2.30. The van der Waals surface area contributed by atoms with Crippen LogP contribution in [0.4, 0.5) is 0 Å². The lowest BCUT2D eigenvalue weighted by molar-refractivity contribution is 0.0595.